The Balaban J connectivity index is 2.85. The first-order chi connectivity index (χ1) is 6.41. The van der Waals surface area contributed by atoms with Gasteiger partial charge in [-0.15, -0.1) is 0 Å². The van der Waals surface area contributed by atoms with E-state index in [1.54, 1.807) is 0 Å². The Morgan fingerprint density at radius 3 is 2.57 bits per heavy atom. The molecule has 6 heteroatoms. The summed E-state index contributed by atoms with van der Waals surface area (Å²) in [4.78, 5) is 0. The van der Waals surface area contributed by atoms with Crippen LogP contribution in [-0.2, 0) is 0 Å². The molecule has 3 N–H and O–H groups in total. The fourth-order valence-corrected chi connectivity index (χ4v) is 0.751. The van der Waals surface area contributed by atoms with Gasteiger partial charge in [-0.25, -0.2) is 0 Å². The molecule has 1 aromatic heterocycles. The number of halogens is 3. The first kappa shape index (κ1) is 10.4. The van der Waals surface area contributed by atoms with Crippen molar-refractivity contribution in [2.45, 2.75) is 6.18 Å². The number of allylic oxidation sites excluding steroid dienone is 1. The SMILES string of the molecule is N=C(/C=C(\N)c1ccco1)C(F)(F)F. The van der Waals surface area contributed by atoms with Crippen molar-refractivity contribution in [3.8, 4) is 0 Å². The normalized spacial score (nSPS) is 12.9. The molecule has 0 aromatic carbocycles. The monoisotopic (exact) mass is 204 g/mol. The summed E-state index contributed by atoms with van der Waals surface area (Å²) in [5.74, 6) is 0.110. The van der Waals surface area contributed by atoms with Gasteiger partial charge in [0.15, 0.2) is 0 Å². The van der Waals surface area contributed by atoms with Gasteiger partial charge in [-0.3, -0.25) is 5.41 Å². The van der Waals surface area contributed by atoms with E-state index in [-0.39, 0.29) is 11.5 Å². The highest BCUT2D eigenvalue weighted by Gasteiger charge is 2.32. The quantitative estimate of drug-likeness (QED) is 0.725. The van der Waals surface area contributed by atoms with Crippen LogP contribution in [0.1, 0.15) is 5.76 Å². The molecule has 0 saturated carbocycles. The molecule has 76 valence electrons. The Morgan fingerprint density at radius 2 is 2.14 bits per heavy atom. The first-order valence-corrected chi connectivity index (χ1v) is 3.58. The van der Waals surface area contributed by atoms with Crippen molar-refractivity contribution in [3.63, 3.8) is 0 Å². The predicted octanol–water partition coefficient (Wildman–Crippen LogP) is 2.16. The Hall–Kier alpha value is -1.72. The molecule has 0 spiro atoms. The van der Waals surface area contributed by atoms with Gasteiger partial charge in [-0.05, 0) is 18.2 Å². The molecule has 0 atom stereocenters. The third-order valence-corrected chi connectivity index (χ3v) is 1.41. The van der Waals surface area contributed by atoms with Crippen LogP contribution in [0.25, 0.3) is 5.70 Å². The van der Waals surface area contributed by atoms with Gasteiger partial charge in [0.25, 0.3) is 0 Å². The summed E-state index contributed by atoms with van der Waals surface area (Å²) in [5.41, 5.74) is 3.53. The van der Waals surface area contributed by atoms with E-state index in [1.165, 1.54) is 18.4 Å². The molecule has 0 bridgehead atoms. The molecule has 1 aromatic rings. The summed E-state index contributed by atoms with van der Waals surface area (Å²) >= 11 is 0. The molecular formula is C8H7F3N2O. The number of nitrogens with two attached hydrogens (primary N) is 1. The lowest BCUT2D eigenvalue weighted by molar-refractivity contribution is -0.0583. The van der Waals surface area contributed by atoms with E-state index in [0.29, 0.717) is 6.08 Å². The standard InChI is InChI=1S/C8H7F3N2O/c9-8(10,11)7(13)4-5(12)6-2-1-3-14-6/h1-4,13H,12H2/b5-4-,13-7?. The summed E-state index contributed by atoms with van der Waals surface area (Å²) in [6, 6.07) is 2.91. The molecule has 3 nitrogen and oxygen atoms in total. The van der Waals surface area contributed by atoms with Crippen LogP contribution < -0.4 is 5.73 Å². The lowest BCUT2D eigenvalue weighted by Gasteiger charge is -2.04. The molecule has 0 aliphatic heterocycles. The van der Waals surface area contributed by atoms with Gasteiger partial charge in [0.2, 0.25) is 0 Å². The van der Waals surface area contributed by atoms with E-state index in [1.807, 2.05) is 0 Å². The summed E-state index contributed by atoms with van der Waals surface area (Å²) < 4.78 is 40.4. The lowest BCUT2D eigenvalue weighted by atomic mass is 10.2. The van der Waals surface area contributed by atoms with Crippen molar-refractivity contribution in [3.05, 3.63) is 30.2 Å². The highest BCUT2D eigenvalue weighted by atomic mass is 19.4. The van der Waals surface area contributed by atoms with E-state index in [4.69, 9.17) is 15.6 Å². The van der Waals surface area contributed by atoms with E-state index >= 15 is 0 Å². The zero-order valence-electron chi connectivity index (χ0n) is 6.93. The van der Waals surface area contributed by atoms with Crippen LogP contribution in [0.2, 0.25) is 0 Å². The maximum atomic E-state index is 11.9. The van der Waals surface area contributed by atoms with E-state index in [9.17, 15) is 13.2 Å². The zero-order valence-corrected chi connectivity index (χ0v) is 6.93. The van der Waals surface area contributed by atoms with Crippen molar-refractivity contribution < 1.29 is 17.6 Å². The van der Waals surface area contributed by atoms with Crippen LogP contribution in [0.3, 0.4) is 0 Å². The number of hydrogen-bond donors (Lipinski definition) is 2. The minimum absolute atomic E-state index is 0.110. The van der Waals surface area contributed by atoms with Gasteiger partial charge >= 0.3 is 6.18 Å². The third-order valence-electron chi connectivity index (χ3n) is 1.41. The van der Waals surface area contributed by atoms with Crippen molar-refractivity contribution in [2.75, 3.05) is 0 Å². The van der Waals surface area contributed by atoms with Crippen LogP contribution in [0.4, 0.5) is 13.2 Å². The number of nitrogens with one attached hydrogen (secondary N) is 1. The second kappa shape index (κ2) is 3.57. The fraction of sp³-hybridized carbons (Fsp3) is 0.125. The largest absolute Gasteiger partial charge is 0.463 e. The number of furan rings is 1. The Morgan fingerprint density at radius 1 is 1.50 bits per heavy atom. The number of alkyl halides is 3. The van der Waals surface area contributed by atoms with Crippen LogP contribution >= 0.6 is 0 Å². The molecular weight excluding hydrogens is 197 g/mol. The molecule has 0 unspecified atom stereocenters. The molecule has 0 aliphatic carbocycles. The zero-order chi connectivity index (χ0) is 10.8. The average molecular weight is 204 g/mol. The van der Waals surface area contributed by atoms with Crippen LogP contribution in [0.15, 0.2) is 28.9 Å². The molecule has 1 rings (SSSR count). The minimum Gasteiger partial charge on any atom is -0.463 e. The van der Waals surface area contributed by atoms with Gasteiger partial charge in [0.05, 0.1) is 12.0 Å². The summed E-state index contributed by atoms with van der Waals surface area (Å²) in [7, 11) is 0. The second-order valence-corrected chi connectivity index (χ2v) is 2.49. The van der Waals surface area contributed by atoms with E-state index in [2.05, 4.69) is 0 Å². The van der Waals surface area contributed by atoms with E-state index in [0.717, 1.165) is 0 Å². The van der Waals surface area contributed by atoms with Crippen molar-refractivity contribution in [1.29, 1.82) is 5.41 Å². The van der Waals surface area contributed by atoms with E-state index < -0.39 is 11.9 Å². The summed E-state index contributed by atoms with van der Waals surface area (Å²) in [5, 5.41) is 6.65. The maximum absolute atomic E-state index is 11.9. The Bertz CT molecular complexity index is 351. The van der Waals surface area contributed by atoms with Crippen molar-refractivity contribution in [2.24, 2.45) is 5.73 Å². The maximum Gasteiger partial charge on any atom is 0.432 e. The minimum atomic E-state index is -4.68. The molecule has 1 heterocycles. The third kappa shape index (κ3) is 2.38. The van der Waals surface area contributed by atoms with Crippen molar-refractivity contribution in [1.82, 2.24) is 0 Å². The molecule has 0 amide bonds. The van der Waals surface area contributed by atoms with Gasteiger partial charge in [-0.2, -0.15) is 13.2 Å². The second-order valence-electron chi connectivity index (χ2n) is 2.49. The summed E-state index contributed by atoms with van der Waals surface area (Å²) in [6.45, 7) is 0. The number of rotatable bonds is 2. The molecule has 14 heavy (non-hydrogen) atoms. The lowest BCUT2D eigenvalue weighted by Crippen LogP contribution is -2.20. The highest BCUT2D eigenvalue weighted by Crippen LogP contribution is 2.19. The van der Waals surface area contributed by atoms with Gasteiger partial charge < -0.3 is 10.2 Å². The Kier molecular flexibility index (Phi) is 2.64. The van der Waals surface area contributed by atoms with Crippen LogP contribution in [0, 0.1) is 5.41 Å². The molecule has 0 radical (unpaired) electrons. The highest BCUT2D eigenvalue weighted by molar-refractivity contribution is 6.01. The fourth-order valence-electron chi connectivity index (χ4n) is 0.751. The molecule has 0 fully saturated rings. The smallest absolute Gasteiger partial charge is 0.432 e. The first-order valence-electron chi connectivity index (χ1n) is 3.58. The van der Waals surface area contributed by atoms with Crippen molar-refractivity contribution >= 4 is 11.4 Å². The molecule has 0 aliphatic rings. The van der Waals surface area contributed by atoms with Crippen LogP contribution in [0.5, 0.6) is 0 Å². The van der Waals surface area contributed by atoms with Gasteiger partial charge in [0.1, 0.15) is 11.5 Å². The summed E-state index contributed by atoms with van der Waals surface area (Å²) in [6.07, 6.45) is -2.89. The average Bonchev–Trinajstić information content (AvgIpc) is 2.53. The topological polar surface area (TPSA) is 63.0 Å². The Labute approximate surface area is 77.5 Å². The number of hydrogen-bond acceptors (Lipinski definition) is 3. The van der Waals surface area contributed by atoms with Gasteiger partial charge in [0, 0.05) is 0 Å². The molecule has 0 saturated heterocycles. The van der Waals surface area contributed by atoms with Crippen LogP contribution in [-0.4, -0.2) is 11.9 Å². The predicted molar refractivity (Wildman–Crippen MR) is 44.7 cm³/mol. The van der Waals surface area contributed by atoms with Gasteiger partial charge in [-0.1, -0.05) is 0 Å².